The topological polar surface area (TPSA) is 52.0 Å². The Morgan fingerprint density at radius 3 is 1.42 bits per heavy atom. The predicted molar refractivity (Wildman–Crippen MR) is 132 cm³/mol. The molecule has 4 heteroatoms. The van der Waals surface area contributed by atoms with E-state index in [0.29, 0.717) is 5.92 Å². The van der Waals surface area contributed by atoms with Gasteiger partial charge in [0.25, 0.3) is 0 Å². The Balaban J connectivity index is -0.00000220. The molecule has 0 radical (unpaired) electrons. The van der Waals surface area contributed by atoms with E-state index >= 15 is 0 Å². The van der Waals surface area contributed by atoms with Crippen LogP contribution in [0.2, 0.25) is 0 Å². The first-order valence-electron chi connectivity index (χ1n) is 9.76. The molecule has 0 aliphatic heterocycles. The maximum atomic E-state index is 6.35. The maximum absolute atomic E-state index is 6.35. The highest BCUT2D eigenvalue weighted by atomic mass is 127. The standard InChI is InChI=1S/C20H44N2.2HI/c1-6-7-8-9-10-11-12-13-14-15-16-18(17-21)19(2,3)20(4,5)22;;/h18H,6-17,21-22H2,1-5H3;2*1H. The first-order valence-corrected chi connectivity index (χ1v) is 9.76. The second-order valence-corrected chi connectivity index (χ2v) is 8.35. The molecule has 0 aliphatic carbocycles. The fourth-order valence-electron chi connectivity index (χ4n) is 3.18. The largest absolute Gasteiger partial charge is 0.330 e. The lowest BCUT2D eigenvalue weighted by Crippen LogP contribution is -2.53. The molecule has 0 heterocycles. The van der Waals surface area contributed by atoms with Crippen molar-refractivity contribution < 1.29 is 0 Å². The molecule has 0 aromatic carbocycles. The summed E-state index contributed by atoms with van der Waals surface area (Å²) in [4.78, 5) is 0. The van der Waals surface area contributed by atoms with E-state index in [-0.39, 0.29) is 58.9 Å². The molecular formula is C20H46I2N2. The first kappa shape index (κ1) is 30.1. The van der Waals surface area contributed by atoms with Gasteiger partial charge in [-0.15, -0.1) is 48.0 Å². The molecule has 0 bridgehead atoms. The van der Waals surface area contributed by atoms with Crippen LogP contribution < -0.4 is 11.5 Å². The van der Waals surface area contributed by atoms with Crippen LogP contribution in [0.5, 0.6) is 0 Å². The summed E-state index contributed by atoms with van der Waals surface area (Å²) in [5.74, 6) is 0.529. The van der Waals surface area contributed by atoms with Crippen LogP contribution in [0.4, 0.5) is 0 Å². The third kappa shape index (κ3) is 12.7. The van der Waals surface area contributed by atoms with Gasteiger partial charge in [-0.2, -0.15) is 0 Å². The molecule has 0 aliphatic rings. The average molecular weight is 568 g/mol. The Morgan fingerprint density at radius 2 is 1.08 bits per heavy atom. The smallest absolute Gasteiger partial charge is 0.0152 e. The number of unbranched alkanes of at least 4 members (excludes halogenated alkanes) is 9. The maximum Gasteiger partial charge on any atom is 0.0152 e. The summed E-state index contributed by atoms with van der Waals surface area (Å²) >= 11 is 0. The molecule has 0 saturated heterocycles. The van der Waals surface area contributed by atoms with Crippen LogP contribution in [-0.4, -0.2) is 12.1 Å². The minimum atomic E-state index is -0.171. The number of hydrogen-bond acceptors (Lipinski definition) is 2. The van der Waals surface area contributed by atoms with Gasteiger partial charge in [-0.1, -0.05) is 85.0 Å². The Hall–Kier alpha value is 1.38. The van der Waals surface area contributed by atoms with E-state index in [1.807, 2.05) is 0 Å². The van der Waals surface area contributed by atoms with E-state index in [2.05, 4.69) is 34.6 Å². The van der Waals surface area contributed by atoms with E-state index in [1.54, 1.807) is 0 Å². The van der Waals surface area contributed by atoms with Crippen LogP contribution in [-0.2, 0) is 0 Å². The highest BCUT2D eigenvalue weighted by molar-refractivity contribution is 14.0. The molecule has 1 atom stereocenters. The summed E-state index contributed by atoms with van der Waals surface area (Å²) < 4.78 is 0. The molecule has 0 saturated carbocycles. The van der Waals surface area contributed by atoms with Gasteiger partial charge in [-0.05, 0) is 38.1 Å². The molecule has 150 valence electrons. The summed E-state index contributed by atoms with van der Waals surface area (Å²) in [7, 11) is 0. The molecule has 0 aromatic rings. The molecule has 2 nitrogen and oxygen atoms in total. The lowest BCUT2D eigenvalue weighted by atomic mass is 9.65. The fourth-order valence-corrected chi connectivity index (χ4v) is 3.18. The zero-order chi connectivity index (χ0) is 17.1. The summed E-state index contributed by atoms with van der Waals surface area (Å²) in [5, 5.41) is 0. The number of nitrogens with two attached hydrogens (primary N) is 2. The third-order valence-electron chi connectivity index (χ3n) is 5.87. The molecule has 0 aromatic heterocycles. The number of halogens is 2. The lowest BCUT2D eigenvalue weighted by molar-refractivity contribution is 0.104. The van der Waals surface area contributed by atoms with Gasteiger partial charge in [0.15, 0.2) is 0 Å². The molecule has 0 rings (SSSR count). The quantitative estimate of drug-likeness (QED) is 0.178. The third-order valence-corrected chi connectivity index (χ3v) is 5.87. The van der Waals surface area contributed by atoms with Gasteiger partial charge in [0, 0.05) is 5.54 Å². The van der Waals surface area contributed by atoms with Gasteiger partial charge in [-0.25, -0.2) is 0 Å². The highest BCUT2D eigenvalue weighted by Gasteiger charge is 2.39. The first-order chi connectivity index (χ1) is 10.3. The van der Waals surface area contributed by atoms with Gasteiger partial charge in [-0.3, -0.25) is 0 Å². The van der Waals surface area contributed by atoms with Crippen molar-refractivity contribution >= 4 is 48.0 Å². The fraction of sp³-hybridized carbons (Fsp3) is 1.00. The van der Waals surface area contributed by atoms with Crippen molar-refractivity contribution in [1.29, 1.82) is 0 Å². The predicted octanol–water partition coefficient (Wildman–Crippen LogP) is 6.87. The highest BCUT2D eigenvalue weighted by Crippen LogP contribution is 2.38. The Morgan fingerprint density at radius 1 is 0.708 bits per heavy atom. The molecular weight excluding hydrogens is 522 g/mol. The normalized spacial score (nSPS) is 13.1. The Labute approximate surface area is 187 Å². The molecule has 4 N–H and O–H groups in total. The molecule has 0 fully saturated rings. The monoisotopic (exact) mass is 568 g/mol. The molecule has 1 unspecified atom stereocenters. The Kier molecular flexibility index (Phi) is 20.8. The van der Waals surface area contributed by atoms with Crippen LogP contribution >= 0.6 is 48.0 Å². The van der Waals surface area contributed by atoms with E-state index in [0.717, 1.165) is 6.54 Å². The van der Waals surface area contributed by atoms with Gasteiger partial charge >= 0.3 is 0 Å². The van der Waals surface area contributed by atoms with Crippen molar-refractivity contribution in [3.8, 4) is 0 Å². The minimum Gasteiger partial charge on any atom is -0.330 e. The summed E-state index contributed by atoms with van der Waals surface area (Å²) in [6, 6.07) is 0. The minimum absolute atomic E-state index is 0. The van der Waals surface area contributed by atoms with Crippen molar-refractivity contribution in [3.63, 3.8) is 0 Å². The average Bonchev–Trinajstić information content (AvgIpc) is 2.43. The molecule has 24 heavy (non-hydrogen) atoms. The van der Waals surface area contributed by atoms with Crippen molar-refractivity contribution in [1.82, 2.24) is 0 Å². The van der Waals surface area contributed by atoms with Crippen LogP contribution in [0.3, 0.4) is 0 Å². The van der Waals surface area contributed by atoms with Gasteiger partial charge < -0.3 is 11.5 Å². The van der Waals surface area contributed by atoms with E-state index < -0.39 is 0 Å². The van der Waals surface area contributed by atoms with E-state index in [9.17, 15) is 0 Å². The number of rotatable bonds is 14. The van der Waals surface area contributed by atoms with Crippen LogP contribution in [0, 0.1) is 11.3 Å². The second kappa shape index (κ2) is 16.5. The zero-order valence-corrected chi connectivity index (χ0v) is 21.7. The van der Waals surface area contributed by atoms with E-state index in [1.165, 1.54) is 70.6 Å². The lowest BCUT2D eigenvalue weighted by Gasteiger charge is -2.44. The van der Waals surface area contributed by atoms with Crippen molar-refractivity contribution in [3.05, 3.63) is 0 Å². The summed E-state index contributed by atoms with van der Waals surface area (Å²) in [6.07, 6.45) is 15.1. The van der Waals surface area contributed by atoms with Crippen molar-refractivity contribution in [2.45, 2.75) is 111 Å². The summed E-state index contributed by atoms with van der Waals surface area (Å²) in [5.41, 5.74) is 12.3. The van der Waals surface area contributed by atoms with Gasteiger partial charge in [0.2, 0.25) is 0 Å². The van der Waals surface area contributed by atoms with E-state index in [4.69, 9.17) is 11.5 Å². The summed E-state index contributed by atoms with van der Waals surface area (Å²) in [6.45, 7) is 11.9. The van der Waals surface area contributed by atoms with Crippen molar-refractivity contribution in [2.75, 3.05) is 6.54 Å². The number of hydrogen-bond donors (Lipinski definition) is 2. The molecule has 0 spiro atoms. The van der Waals surface area contributed by atoms with Crippen LogP contribution in [0.25, 0.3) is 0 Å². The van der Waals surface area contributed by atoms with Crippen LogP contribution in [0.15, 0.2) is 0 Å². The SMILES string of the molecule is CCCCCCCCCCCCC(CN)C(C)(C)C(C)(C)N.I.I. The van der Waals surface area contributed by atoms with Gasteiger partial charge in [0.1, 0.15) is 0 Å². The zero-order valence-electron chi connectivity index (χ0n) is 17.0. The van der Waals surface area contributed by atoms with Gasteiger partial charge in [0.05, 0.1) is 0 Å². The van der Waals surface area contributed by atoms with Crippen molar-refractivity contribution in [2.24, 2.45) is 22.8 Å². The second-order valence-electron chi connectivity index (χ2n) is 8.35. The Bertz CT molecular complexity index is 263. The molecule has 0 amide bonds. The van der Waals surface area contributed by atoms with Crippen LogP contribution in [0.1, 0.15) is 105 Å².